The van der Waals surface area contributed by atoms with Gasteiger partial charge in [-0.3, -0.25) is 19.2 Å². The zero-order valence-corrected chi connectivity index (χ0v) is 18.3. The number of nitrogens with zero attached hydrogens (tertiary/aromatic N) is 1. The molecule has 1 unspecified atom stereocenters. The van der Waals surface area contributed by atoms with Crippen molar-refractivity contribution in [2.24, 2.45) is 0 Å². The van der Waals surface area contributed by atoms with Gasteiger partial charge in [-0.2, -0.15) is 5.06 Å². The number of rotatable bonds is 7. The molecule has 0 aromatic carbocycles. The smallest absolute Gasteiger partial charge is 0.544 e. The van der Waals surface area contributed by atoms with Crippen molar-refractivity contribution in [2.45, 2.75) is 38.0 Å². The molecule has 0 aliphatic carbocycles. The van der Waals surface area contributed by atoms with Crippen LogP contribution in [-0.2, 0) is 33.5 Å². The number of carbonyl (C=O) groups is 4. The van der Waals surface area contributed by atoms with Crippen LogP contribution >= 0.6 is 24.4 Å². The monoisotopic (exact) mass is 426 g/mol. The van der Waals surface area contributed by atoms with Crippen molar-refractivity contribution in [1.29, 1.82) is 0 Å². The van der Waals surface area contributed by atoms with Crippen LogP contribution in [-0.4, -0.2) is 63.7 Å². The first-order valence-electron chi connectivity index (χ1n) is 7.61. The summed E-state index contributed by atoms with van der Waals surface area (Å²) in [6, 6.07) is -1.17. The predicted octanol–water partition coefficient (Wildman–Crippen LogP) is -4.84. The van der Waals surface area contributed by atoms with Crippen molar-refractivity contribution in [3.05, 3.63) is 0 Å². The number of hydrogen-bond donors (Lipinski definition) is 1. The van der Waals surface area contributed by atoms with Crippen LogP contribution in [0, 0.1) is 0 Å². The summed E-state index contributed by atoms with van der Waals surface area (Å²) in [4.78, 5) is 52.3. The van der Waals surface area contributed by atoms with Gasteiger partial charge in [0, 0.05) is 6.42 Å². The van der Waals surface area contributed by atoms with Gasteiger partial charge in [-0.1, -0.05) is 12.2 Å². The van der Waals surface area contributed by atoms with E-state index in [0.717, 1.165) is 0 Å². The van der Waals surface area contributed by atoms with E-state index in [2.05, 4.69) is 5.32 Å². The Balaban J connectivity index is 0.00000364. The number of esters is 1. The molecule has 0 bridgehead atoms. The van der Waals surface area contributed by atoms with Gasteiger partial charge >= 0.3 is 35.5 Å². The minimum Gasteiger partial charge on any atom is -0.544 e. The second-order valence-corrected chi connectivity index (χ2v) is 6.28. The summed E-state index contributed by atoms with van der Waals surface area (Å²) in [5, 5.41) is 14.2. The van der Waals surface area contributed by atoms with Crippen LogP contribution in [0.1, 0.15) is 26.2 Å². The van der Waals surface area contributed by atoms with Gasteiger partial charge in [0.15, 0.2) is 5.05 Å². The van der Waals surface area contributed by atoms with E-state index in [4.69, 9.17) is 38.7 Å². The number of carboxylic acid groups (broad SMARTS) is 1. The Kier molecular flexibility index (Phi) is 8.70. The van der Waals surface area contributed by atoms with Crippen molar-refractivity contribution in [2.75, 3.05) is 13.2 Å². The SMILES string of the molecule is CCOC(=S)C(=S)CC(=O)N[C@H]1CON(C2(C(=O)[O-])CCC(=O)O2)C1=O.[Na+]. The zero-order chi connectivity index (χ0) is 19.5. The number of cyclic esters (lactones) is 1. The number of nitrogens with one attached hydrogen (secondary N) is 1. The summed E-state index contributed by atoms with van der Waals surface area (Å²) in [6.45, 7) is 1.68. The van der Waals surface area contributed by atoms with Crippen molar-refractivity contribution < 1.29 is 68.2 Å². The van der Waals surface area contributed by atoms with E-state index in [1.54, 1.807) is 6.92 Å². The number of thiocarbonyl (C=S) groups is 2. The van der Waals surface area contributed by atoms with Crippen molar-refractivity contribution >= 4 is 58.1 Å². The molecule has 0 aromatic heterocycles. The van der Waals surface area contributed by atoms with E-state index in [-0.39, 0.29) is 65.3 Å². The van der Waals surface area contributed by atoms with Crippen LogP contribution in [0.15, 0.2) is 0 Å². The fourth-order valence-electron chi connectivity index (χ4n) is 2.42. The first-order chi connectivity index (χ1) is 12.2. The fourth-order valence-corrected chi connectivity index (χ4v) is 2.80. The number of carbonyl (C=O) groups excluding carboxylic acids is 4. The number of carboxylic acids is 1. The Hall–Kier alpha value is -1.18. The third-order valence-electron chi connectivity index (χ3n) is 3.63. The Morgan fingerprint density at radius 1 is 1.41 bits per heavy atom. The van der Waals surface area contributed by atoms with Crippen LogP contribution in [0.25, 0.3) is 0 Å². The average molecular weight is 426 g/mol. The third kappa shape index (κ3) is 5.21. The topological polar surface area (TPSA) is 134 Å². The maximum atomic E-state index is 12.4. The normalized spacial score (nSPS) is 24.0. The number of hydroxylamine groups is 2. The van der Waals surface area contributed by atoms with E-state index < -0.39 is 35.5 Å². The molecule has 2 saturated heterocycles. The third-order valence-corrected chi connectivity index (χ3v) is 4.45. The number of ether oxygens (including phenoxy) is 2. The van der Waals surface area contributed by atoms with Crippen LogP contribution in [0.3, 0.4) is 0 Å². The predicted molar refractivity (Wildman–Crippen MR) is 89.2 cm³/mol. The fraction of sp³-hybridized carbons (Fsp3) is 0.571. The van der Waals surface area contributed by atoms with Crippen molar-refractivity contribution in [1.82, 2.24) is 10.4 Å². The molecule has 2 amide bonds. The summed E-state index contributed by atoms with van der Waals surface area (Å²) in [7, 11) is 0. The second kappa shape index (κ2) is 9.85. The molecule has 142 valence electrons. The van der Waals surface area contributed by atoms with Crippen LogP contribution in [0.4, 0.5) is 0 Å². The zero-order valence-electron chi connectivity index (χ0n) is 14.6. The quantitative estimate of drug-likeness (QED) is 0.240. The van der Waals surface area contributed by atoms with E-state index in [9.17, 15) is 24.3 Å². The van der Waals surface area contributed by atoms with Gasteiger partial charge in [-0.15, -0.1) is 0 Å². The van der Waals surface area contributed by atoms with Gasteiger partial charge in [0.05, 0.1) is 24.3 Å². The molecular formula is C14H15N2NaO8S2. The molecule has 0 aromatic rings. The summed E-state index contributed by atoms with van der Waals surface area (Å²) >= 11 is 9.85. The first kappa shape index (κ1) is 23.9. The summed E-state index contributed by atoms with van der Waals surface area (Å²) in [5.41, 5.74) is -2.33. The van der Waals surface area contributed by atoms with Gasteiger partial charge in [-0.05, 0) is 19.1 Å². The van der Waals surface area contributed by atoms with Crippen LogP contribution in [0.5, 0.6) is 0 Å². The molecule has 2 aliphatic heterocycles. The second-order valence-electron chi connectivity index (χ2n) is 5.41. The number of hydrogen-bond acceptors (Lipinski definition) is 10. The number of aliphatic carboxylic acids is 1. The number of amides is 2. The molecule has 2 atom stereocenters. The molecule has 2 heterocycles. The van der Waals surface area contributed by atoms with E-state index in [1.165, 1.54) is 0 Å². The summed E-state index contributed by atoms with van der Waals surface area (Å²) < 4.78 is 9.77. The van der Waals surface area contributed by atoms with Gasteiger partial charge in [0.2, 0.25) is 5.91 Å². The molecule has 13 heteroatoms. The maximum absolute atomic E-state index is 12.4. The van der Waals surface area contributed by atoms with Gasteiger partial charge in [-0.25, -0.2) is 0 Å². The minimum absolute atomic E-state index is 0. The molecule has 0 spiro atoms. The molecule has 0 radical (unpaired) electrons. The van der Waals surface area contributed by atoms with Gasteiger partial charge in [0.1, 0.15) is 18.6 Å². The Morgan fingerprint density at radius 3 is 2.59 bits per heavy atom. The van der Waals surface area contributed by atoms with Crippen molar-refractivity contribution in [3.8, 4) is 0 Å². The molecular weight excluding hydrogens is 411 g/mol. The van der Waals surface area contributed by atoms with Gasteiger partial charge in [0.25, 0.3) is 11.6 Å². The van der Waals surface area contributed by atoms with E-state index in [0.29, 0.717) is 11.7 Å². The van der Waals surface area contributed by atoms with Crippen molar-refractivity contribution in [3.63, 3.8) is 0 Å². The van der Waals surface area contributed by atoms with E-state index in [1.807, 2.05) is 0 Å². The van der Waals surface area contributed by atoms with Crippen LogP contribution in [0.2, 0.25) is 0 Å². The Bertz CT molecular complexity index is 688. The Morgan fingerprint density at radius 2 is 2.07 bits per heavy atom. The molecule has 2 rings (SSSR count). The molecule has 0 saturated carbocycles. The minimum atomic E-state index is -2.33. The standard InChI is InChI=1S/C14H16N2O8S2.Na/c1-2-22-12(26)8(25)5-9(17)15-7-6-23-16(11(7)19)14(13(20)21)4-3-10(18)24-14;/h7H,2-6H2,1H3,(H,15,17)(H,20,21);/q;+1/p-1/t7-,14?;/m0./s1. The summed E-state index contributed by atoms with van der Waals surface area (Å²) in [6.07, 6.45) is -0.798. The molecule has 2 fully saturated rings. The Labute approximate surface area is 187 Å². The molecule has 2 aliphatic rings. The molecule has 1 N–H and O–H groups in total. The summed E-state index contributed by atoms with van der Waals surface area (Å²) in [5.74, 6) is -4.08. The average Bonchev–Trinajstić information content (AvgIpc) is 3.12. The maximum Gasteiger partial charge on any atom is 1.00 e. The van der Waals surface area contributed by atoms with Gasteiger partial charge < -0.3 is 24.7 Å². The molecule has 27 heavy (non-hydrogen) atoms. The first-order valence-corrected chi connectivity index (χ1v) is 8.42. The molecule has 10 nitrogen and oxygen atoms in total. The largest absolute Gasteiger partial charge is 1.00 e. The van der Waals surface area contributed by atoms with Crippen LogP contribution < -0.4 is 40.0 Å². The van der Waals surface area contributed by atoms with E-state index >= 15 is 0 Å².